The maximum atomic E-state index is 13.9. The number of nitrogens with one attached hydrogen (secondary N) is 1. The molecule has 8 nitrogen and oxygen atoms in total. The molecule has 1 aromatic heterocycles. The summed E-state index contributed by atoms with van der Waals surface area (Å²) in [5.74, 6) is -2.08. The van der Waals surface area contributed by atoms with Crippen LogP contribution in [0.25, 0.3) is 10.8 Å². The number of aromatic amines is 1. The Balaban J connectivity index is 2.19. The molecule has 3 rings (SSSR count). The molecule has 1 aromatic carbocycles. The van der Waals surface area contributed by atoms with E-state index in [0.29, 0.717) is 5.69 Å². The largest absolute Gasteiger partial charge is 0.466 e. The first kappa shape index (κ1) is 17.6. The fourth-order valence-corrected chi connectivity index (χ4v) is 2.73. The molecule has 1 N–H and O–H groups in total. The van der Waals surface area contributed by atoms with Crippen molar-refractivity contribution >= 4 is 28.4 Å². The molecule has 0 amide bonds. The highest BCUT2D eigenvalue weighted by atomic mass is 19.1. The lowest BCUT2D eigenvalue weighted by Gasteiger charge is -2.31. The van der Waals surface area contributed by atoms with E-state index in [-0.39, 0.29) is 35.4 Å². The van der Waals surface area contributed by atoms with Crippen LogP contribution in [0.4, 0.5) is 10.1 Å². The molecule has 0 aliphatic carbocycles. The molecule has 0 fully saturated rings. The Hall–Kier alpha value is -3.20. The van der Waals surface area contributed by atoms with Gasteiger partial charge in [-0.2, -0.15) is 0 Å². The predicted octanol–water partition coefficient (Wildman–Crippen LogP) is 1.06. The summed E-state index contributed by atoms with van der Waals surface area (Å²) in [7, 11) is 2.36. The third-order valence-corrected chi connectivity index (χ3v) is 3.98. The number of carbonyl (C=O) groups excluding carboxylic acids is 2. The third kappa shape index (κ3) is 2.93. The van der Waals surface area contributed by atoms with E-state index in [1.165, 1.54) is 37.3 Å². The van der Waals surface area contributed by atoms with E-state index in [1.807, 2.05) is 0 Å². The number of carbonyl (C=O) groups is 2. The number of hydrogen-bond acceptors (Lipinski definition) is 7. The monoisotopic (exact) mass is 362 g/mol. The summed E-state index contributed by atoms with van der Waals surface area (Å²) in [4.78, 5) is 39.9. The van der Waals surface area contributed by atoms with Gasteiger partial charge < -0.3 is 24.1 Å². The zero-order valence-corrected chi connectivity index (χ0v) is 14.0. The Morgan fingerprint density at radius 3 is 2.62 bits per heavy atom. The number of aromatic nitrogens is 1. The number of pyridine rings is 1. The third-order valence-electron chi connectivity index (χ3n) is 3.98. The van der Waals surface area contributed by atoms with Crippen molar-refractivity contribution < 1.29 is 28.2 Å². The number of hydrogen-bond donors (Lipinski definition) is 1. The maximum absolute atomic E-state index is 13.9. The van der Waals surface area contributed by atoms with E-state index in [0.717, 1.165) is 6.20 Å². The molecule has 9 heteroatoms. The molecule has 2 aromatic rings. The molecule has 0 saturated carbocycles. The van der Waals surface area contributed by atoms with Gasteiger partial charge in [0.05, 0.1) is 31.8 Å². The lowest BCUT2D eigenvalue weighted by molar-refractivity contribution is -0.140. The summed E-state index contributed by atoms with van der Waals surface area (Å²) in [6, 6.07) is 4.33. The number of halogens is 1. The van der Waals surface area contributed by atoms with Gasteiger partial charge in [-0.15, -0.1) is 0 Å². The number of rotatable bonds is 3. The Bertz CT molecular complexity index is 981. The molecule has 1 aliphatic rings. The molecule has 0 atom stereocenters. The van der Waals surface area contributed by atoms with E-state index in [4.69, 9.17) is 9.47 Å². The molecule has 0 radical (unpaired) electrons. The molecular formula is C17H15FN2O6. The number of esters is 2. The van der Waals surface area contributed by atoms with Gasteiger partial charge in [-0.05, 0) is 18.2 Å². The second kappa shape index (κ2) is 6.96. The van der Waals surface area contributed by atoms with Crippen LogP contribution in [0.2, 0.25) is 0 Å². The van der Waals surface area contributed by atoms with Crippen LogP contribution in [0, 0.1) is 5.82 Å². The lowest BCUT2D eigenvalue weighted by Crippen LogP contribution is -2.38. The Morgan fingerprint density at radius 2 is 1.92 bits per heavy atom. The maximum Gasteiger partial charge on any atom is 0.355 e. The summed E-state index contributed by atoms with van der Waals surface area (Å²) in [5.41, 5.74) is -0.204. The van der Waals surface area contributed by atoms with Crippen molar-refractivity contribution in [2.75, 3.05) is 32.5 Å². The summed E-state index contributed by atoms with van der Waals surface area (Å²) in [6.45, 7) is -0.194. The van der Waals surface area contributed by atoms with Gasteiger partial charge in [0.15, 0.2) is 0 Å². The number of benzene rings is 1. The highest BCUT2D eigenvalue weighted by Crippen LogP contribution is 2.29. The highest BCUT2D eigenvalue weighted by molar-refractivity contribution is 6.03. The number of methoxy groups -OCH3 is 2. The Labute approximate surface area is 146 Å². The van der Waals surface area contributed by atoms with Crippen LogP contribution >= 0.6 is 0 Å². The minimum atomic E-state index is -0.762. The van der Waals surface area contributed by atoms with E-state index < -0.39 is 23.3 Å². The average Bonchev–Trinajstić information content (AvgIpc) is 2.68. The predicted molar refractivity (Wildman–Crippen MR) is 88.9 cm³/mol. The van der Waals surface area contributed by atoms with Crippen LogP contribution in [-0.2, 0) is 23.8 Å². The molecular weight excluding hydrogens is 347 g/mol. The van der Waals surface area contributed by atoms with Crippen LogP contribution < -0.4 is 10.5 Å². The zero-order chi connectivity index (χ0) is 18.8. The lowest BCUT2D eigenvalue weighted by atomic mass is 10.1. The molecule has 1 aliphatic heterocycles. The van der Waals surface area contributed by atoms with Crippen molar-refractivity contribution in [2.45, 2.75) is 0 Å². The van der Waals surface area contributed by atoms with Crippen LogP contribution in [0.5, 0.6) is 0 Å². The first-order valence-electron chi connectivity index (χ1n) is 7.54. The van der Waals surface area contributed by atoms with E-state index >= 15 is 0 Å². The van der Waals surface area contributed by atoms with Gasteiger partial charge in [0.25, 0.3) is 5.56 Å². The Morgan fingerprint density at radius 1 is 1.19 bits per heavy atom. The van der Waals surface area contributed by atoms with Gasteiger partial charge >= 0.3 is 11.9 Å². The Kier molecular flexibility index (Phi) is 4.72. The fraction of sp³-hybridized carbons (Fsp3) is 0.235. The van der Waals surface area contributed by atoms with Crippen molar-refractivity contribution in [2.24, 2.45) is 0 Å². The summed E-state index contributed by atoms with van der Waals surface area (Å²) < 4.78 is 28.7. The first-order valence-corrected chi connectivity index (χ1v) is 7.54. The molecule has 26 heavy (non-hydrogen) atoms. The van der Waals surface area contributed by atoms with Gasteiger partial charge in [0.2, 0.25) is 0 Å². The van der Waals surface area contributed by atoms with Crippen LogP contribution in [0.3, 0.4) is 0 Å². The van der Waals surface area contributed by atoms with E-state index in [2.05, 4.69) is 9.72 Å². The number of ether oxygens (including phenoxy) is 3. The average molecular weight is 362 g/mol. The van der Waals surface area contributed by atoms with Crippen molar-refractivity contribution in [1.29, 1.82) is 0 Å². The van der Waals surface area contributed by atoms with Gasteiger partial charge in [-0.3, -0.25) is 4.79 Å². The fourth-order valence-electron chi connectivity index (χ4n) is 2.73. The minimum absolute atomic E-state index is 0.0150. The highest BCUT2D eigenvalue weighted by Gasteiger charge is 2.32. The van der Waals surface area contributed by atoms with Crippen molar-refractivity contribution in [1.82, 2.24) is 4.98 Å². The van der Waals surface area contributed by atoms with Crippen molar-refractivity contribution in [3.8, 4) is 0 Å². The smallest absolute Gasteiger partial charge is 0.355 e. The van der Waals surface area contributed by atoms with Crippen molar-refractivity contribution in [3.63, 3.8) is 0 Å². The minimum Gasteiger partial charge on any atom is -0.466 e. The first-order chi connectivity index (χ1) is 12.5. The number of H-pyrrole nitrogens is 1. The van der Waals surface area contributed by atoms with Crippen molar-refractivity contribution in [3.05, 3.63) is 51.8 Å². The molecule has 0 saturated heterocycles. The van der Waals surface area contributed by atoms with Gasteiger partial charge in [-0.1, -0.05) is 0 Å². The SMILES string of the molecule is COC(=O)C1=C(C(=O)OC)N(c2ccc3c(F)c[nH]c(=O)c3c2)COC1. The van der Waals surface area contributed by atoms with Gasteiger partial charge in [0, 0.05) is 17.3 Å². The number of fused-ring (bicyclic) bond motifs is 1. The molecule has 0 spiro atoms. The van der Waals surface area contributed by atoms with E-state index in [9.17, 15) is 18.8 Å². The number of nitrogens with zero attached hydrogens (tertiary/aromatic N) is 1. The topological polar surface area (TPSA) is 97.9 Å². The van der Waals surface area contributed by atoms with Crippen LogP contribution in [-0.4, -0.2) is 44.5 Å². The van der Waals surface area contributed by atoms with Crippen LogP contribution in [0.1, 0.15) is 0 Å². The summed E-state index contributed by atoms with van der Waals surface area (Å²) in [5, 5.41) is 0.226. The standard InChI is InChI=1S/C17H15FN2O6/c1-24-16(22)12-7-26-8-20(14(12)17(23)25-2)9-3-4-10-11(5-9)15(21)19-6-13(10)18/h3-6H,7-8H2,1-2H3,(H,19,21). The molecule has 0 bridgehead atoms. The quantitative estimate of drug-likeness (QED) is 0.816. The normalized spacial score (nSPS) is 14.5. The second-order valence-electron chi connectivity index (χ2n) is 5.41. The molecule has 2 heterocycles. The van der Waals surface area contributed by atoms with E-state index in [1.54, 1.807) is 0 Å². The van der Waals surface area contributed by atoms with Gasteiger partial charge in [-0.25, -0.2) is 14.0 Å². The van der Waals surface area contributed by atoms with Gasteiger partial charge in [0.1, 0.15) is 18.2 Å². The second-order valence-corrected chi connectivity index (χ2v) is 5.41. The molecule has 0 unspecified atom stereocenters. The summed E-state index contributed by atoms with van der Waals surface area (Å²) >= 11 is 0. The number of anilines is 1. The molecule has 136 valence electrons. The zero-order valence-electron chi connectivity index (χ0n) is 14.0. The summed E-state index contributed by atoms with van der Waals surface area (Å²) in [6.07, 6.45) is 0.976. The van der Waals surface area contributed by atoms with Crippen LogP contribution in [0.15, 0.2) is 40.5 Å².